The van der Waals surface area contributed by atoms with E-state index in [1.807, 2.05) is 0 Å². The first-order chi connectivity index (χ1) is 7.21. The second-order valence-corrected chi connectivity index (χ2v) is 7.95. The lowest BCUT2D eigenvalue weighted by atomic mass is 9.73. The molecule has 0 aromatic heterocycles. The van der Waals surface area contributed by atoms with Crippen molar-refractivity contribution in [3.8, 4) is 0 Å². The van der Waals surface area contributed by atoms with Crippen molar-refractivity contribution in [3.05, 3.63) is 0 Å². The van der Waals surface area contributed by atoms with Crippen molar-refractivity contribution >= 4 is 9.84 Å². The fourth-order valence-corrected chi connectivity index (χ4v) is 7.36. The topological polar surface area (TPSA) is 34.1 Å². The van der Waals surface area contributed by atoms with Crippen LogP contribution in [-0.2, 0) is 9.84 Å². The summed E-state index contributed by atoms with van der Waals surface area (Å²) in [5, 5.41) is 0.110. The summed E-state index contributed by atoms with van der Waals surface area (Å²) < 4.78 is 24.7. The van der Waals surface area contributed by atoms with E-state index >= 15 is 0 Å². The van der Waals surface area contributed by atoms with Crippen LogP contribution in [0, 0.1) is 11.8 Å². The van der Waals surface area contributed by atoms with Crippen LogP contribution >= 0.6 is 0 Å². The Balaban J connectivity index is 1.98. The molecular formula is C12H20O2S. The zero-order valence-corrected chi connectivity index (χ0v) is 10.0. The average Bonchev–Trinajstić information content (AvgIpc) is 2.51. The maximum absolute atomic E-state index is 12.4. The van der Waals surface area contributed by atoms with E-state index in [1.54, 1.807) is 0 Å². The number of sulfone groups is 1. The first kappa shape index (κ1) is 10.1. The minimum absolute atomic E-state index is 0.0550. The summed E-state index contributed by atoms with van der Waals surface area (Å²) in [6.45, 7) is 0. The molecule has 2 saturated carbocycles. The molecule has 1 heterocycles. The highest BCUT2D eigenvalue weighted by atomic mass is 32.2. The summed E-state index contributed by atoms with van der Waals surface area (Å²) in [5.74, 6) is 1.07. The number of rotatable bonds is 0. The van der Waals surface area contributed by atoms with Crippen LogP contribution in [0.25, 0.3) is 0 Å². The molecule has 0 radical (unpaired) electrons. The van der Waals surface area contributed by atoms with Gasteiger partial charge in [0, 0.05) is 0 Å². The van der Waals surface area contributed by atoms with Crippen LogP contribution in [0.15, 0.2) is 0 Å². The molecule has 2 nitrogen and oxygen atoms in total. The third kappa shape index (κ3) is 1.38. The average molecular weight is 228 g/mol. The van der Waals surface area contributed by atoms with Crippen LogP contribution in [0.1, 0.15) is 51.4 Å². The molecule has 1 aliphatic heterocycles. The standard InChI is InChI=1S/C12H20O2S/c13-15(14)11-7-3-1-5-9(11)10-6-2-4-8-12(10)15/h9-12H,1-8H2. The molecule has 3 heteroatoms. The van der Waals surface area contributed by atoms with Crippen molar-refractivity contribution in [1.82, 2.24) is 0 Å². The predicted molar refractivity (Wildman–Crippen MR) is 60.4 cm³/mol. The van der Waals surface area contributed by atoms with Gasteiger partial charge in [-0.05, 0) is 37.5 Å². The minimum atomic E-state index is -2.75. The molecule has 3 aliphatic rings. The second-order valence-electron chi connectivity index (χ2n) is 5.56. The van der Waals surface area contributed by atoms with E-state index < -0.39 is 9.84 Å². The van der Waals surface area contributed by atoms with E-state index in [1.165, 1.54) is 25.7 Å². The highest BCUT2D eigenvalue weighted by Gasteiger charge is 2.54. The lowest BCUT2D eigenvalue weighted by Gasteiger charge is -2.30. The maximum Gasteiger partial charge on any atom is 0.156 e. The van der Waals surface area contributed by atoms with Crippen LogP contribution in [0.5, 0.6) is 0 Å². The molecule has 0 spiro atoms. The molecule has 0 bridgehead atoms. The smallest absolute Gasteiger partial charge is 0.156 e. The summed E-state index contributed by atoms with van der Waals surface area (Å²) in [7, 11) is -2.75. The largest absolute Gasteiger partial charge is 0.228 e. The van der Waals surface area contributed by atoms with Gasteiger partial charge in [-0.1, -0.05) is 25.7 Å². The Morgan fingerprint density at radius 2 is 1.07 bits per heavy atom. The molecule has 4 atom stereocenters. The van der Waals surface area contributed by atoms with Gasteiger partial charge in [0.2, 0.25) is 0 Å². The Morgan fingerprint density at radius 3 is 1.53 bits per heavy atom. The quantitative estimate of drug-likeness (QED) is 0.638. The van der Waals surface area contributed by atoms with Crippen molar-refractivity contribution in [1.29, 1.82) is 0 Å². The molecule has 3 rings (SSSR count). The Hall–Kier alpha value is -0.0500. The summed E-state index contributed by atoms with van der Waals surface area (Å²) in [5.41, 5.74) is 0. The maximum atomic E-state index is 12.4. The molecule has 0 amide bonds. The molecule has 15 heavy (non-hydrogen) atoms. The first-order valence-corrected chi connectivity index (χ1v) is 8.05. The molecule has 4 unspecified atom stereocenters. The normalized spacial score (nSPS) is 48.3. The fourth-order valence-electron chi connectivity index (χ4n) is 4.27. The molecule has 0 aromatic carbocycles. The second kappa shape index (κ2) is 3.47. The molecule has 1 saturated heterocycles. The van der Waals surface area contributed by atoms with E-state index in [0.29, 0.717) is 11.8 Å². The van der Waals surface area contributed by atoms with Crippen LogP contribution in [0.3, 0.4) is 0 Å². The molecule has 86 valence electrons. The highest BCUT2D eigenvalue weighted by Crippen LogP contribution is 2.50. The highest BCUT2D eigenvalue weighted by molar-refractivity contribution is 7.93. The Morgan fingerprint density at radius 1 is 0.667 bits per heavy atom. The lowest BCUT2D eigenvalue weighted by Crippen LogP contribution is -2.27. The van der Waals surface area contributed by atoms with Gasteiger partial charge in [-0.15, -0.1) is 0 Å². The lowest BCUT2D eigenvalue weighted by molar-refractivity contribution is 0.231. The van der Waals surface area contributed by atoms with Crippen LogP contribution in [-0.4, -0.2) is 18.9 Å². The molecule has 2 aliphatic carbocycles. The third-order valence-electron chi connectivity index (χ3n) is 4.90. The monoisotopic (exact) mass is 228 g/mol. The van der Waals surface area contributed by atoms with Gasteiger partial charge >= 0.3 is 0 Å². The van der Waals surface area contributed by atoms with Gasteiger partial charge in [0.25, 0.3) is 0 Å². The van der Waals surface area contributed by atoms with Crippen molar-refractivity contribution < 1.29 is 8.42 Å². The van der Waals surface area contributed by atoms with Crippen molar-refractivity contribution in [2.24, 2.45) is 11.8 Å². The van der Waals surface area contributed by atoms with Crippen LogP contribution < -0.4 is 0 Å². The molecular weight excluding hydrogens is 208 g/mol. The summed E-state index contributed by atoms with van der Waals surface area (Å²) in [6, 6.07) is 0. The first-order valence-electron chi connectivity index (χ1n) is 6.44. The summed E-state index contributed by atoms with van der Waals surface area (Å²) in [4.78, 5) is 0. The van der Waals surface area contributed by atoms with Gasteiger partial charge in [0.1, 0.15) is 0 Å². The summed E-state index contributed by atoms with van der Waals surface area (Å²) in [6.07, 6.45) is 9.09. The SMILES string of the molecule is O=S1(=O)C2CCCCC2C2CCCCC21. The van der Waals surface area contributed by atoms with Gasteiger partial charge in [0.05, 0.1) is 10.5 Å². The Bertz CT molecular complexity index is 319. The van der Waals surface area contributed by atoms with E-state index in [9.17, 15) is 8.42 Å². The van der Waals surface area contributed by atoms with Crippen LogP contribution in [0.4, 0.5) is 0 Å². The fraction of sp³-hybridized carbons (Fsp3) is 1.00. The van der Waals surface area contributed by atoms with E-state index in [2.05, 4.69) is 0 Å². The van der Waals surface area contributed by atoms with Gasteiger partial charge in [-0.25, -0.2) is 8.42 Å². The van der Waals surface area contributed by atoms with Crippen molar-refractivity contribution in [2.45, 2.75) is 61.9 Å². The van der Waals surface area contributed by atoms with Crippen molar-refractivity contribution in [2.75, 3.05) is 0 Å². The zero-order valence-electron chi connectivity index (χ0n) is 9.19. The van der Waals surface area contributed by atoms with Gasteiger partial charge in [-0.3, -0.25) is 0 Å². The van der Waals surface area contributed by atoms with Crippen molar-refractivity contribution in [3.63, 3.8) is 0 Å². The molecule has 3 fully saturated rings. The number of hydrogen-bond acceptors (Lipinski definition) is 2. The minimum Gasteiger partial charge on any atom is -0.228 e. The van der Waals surface area contributed by atoms with Gasteiger partial charge in [0.15, 0.2) is 9.84 Å². The Labute approximate surface area is 92.4 Å². The van der Waals surface area contributed by atoms with E-state index in [4.69, 9.17) is 0 Å². The van der Waals surface area contributed by atoms with Gasteiger partial charge < -0.3 is 0 Å². The molecule has 0 N–H and O–H groups in total. The summed E-state index contributed by atoms with van der Waals surface area (Å²) >= 11 is 0. The van der Waals surface area contributed by atoms with Crippen LogP contribution in [0.2, 0.25) is 0 Å². The van der Waals surface area contributed by atoms with E-state index in [0.717, 1.165) is 25.7 Å². The molecule has 0 aromatic rings. The Kier molecular flexibility index (Phi) is 2.35. The predicted octanol–water partition coefficient (Wildman–Crippen LogP) is 2.53. The van der Waals surface area contributed by atoms with Gasteiger partial charge in [-0.2, -0.15) is 0 Å². The number of hydrogen-bond donors (Lipinski definition) is 0. The third-order valence-corrected chi connectivity index (χ3v) is 7.76. The zero-order chi connectivity index (χ0) is 10.5. The van der Waals surface area contributed by atoms with E-state index in [-0.39, 0.29) is 10.5 Å². The number of fused-ring (bicyclic) bond motifs is 3.